The summed E-state index contributed by atoms with van der Waals surface area (Å²) in [5, 5.41) is 2.69. The summed E-state index contributed by atoms with van der Waals surface area (Å²) in [5.41, 5.74) is 3.89. The number of nitrogens with one attached hydrogen (secondary N) is 2. The number of rotatable bonds is 6. The highest BCUT2D eigenvalue weighted by molar-refractivity contribution is 7.89. The van der Waals surface area contributed by atoms with E-state index in [0.717, 1.165) is 23.1 Å². The first-order valence-electron chi connectivity index (χ1n) is 7.77. The lowest BCUT2D eigenvalue weighted by Crippen LogP contribution is -2.32. The molecule has 0 saturated heterocycles. The van der Waals surface area contributed by atoms with Crippen molar-refractivity contribution in [2.75, 3.05) is 11.9 Å². The van der Waals surface area contributed by atoms with E-state index in [0.29, 0.717) is 5.69 Å². The highest BCUT2D eigenvalue weighted by Crippen LogP contribution is 2.14. The molecule has 2 rings (SSSR count). The molecule has 0 saturated carbocycles. The zero-order chi connectivity index (χ0) is 17.7. The summed E-state index contributed by atoms with van der Waals surface area (Å²) in [7, 11) is -3.70. The van der Waals surface area contributed by atoms with E-state index in [1.54, 1.807) is 30.3 Å². The Bertz CT molecular complexity index is 828. The molecule has 0 aliphatic rings. The summed E-state index contributed by atoms with van der Waals surface area (Å²) < 4.78 is 26.7. The van der Waals surface area contributed by atoms with E-state index < -0.39 is 15.9 Å². The topological polar surface area (TPSA) is 75.3 Å². The van der Waals surface area contributed by atoms with Gasteiger partial charge in [0.15, 0.2) is 0 Å². The molecule has 0 bridgehead atoms. The fourth-order valence-electron chi connectivity index (χ4n) is 2.17. The lowest BCUT2D eigenvalue weighted by atomic mass is 10.1. The number of amides is 1. The number of anilines is 1. The quantitative estimate of drug-likeness (QED) is 0.844. The van der Waals surface area contributed by atoms with Crippen LogP contribution in [0, 0.1) is 13.8 Å². The normalized spacial score (nSPS) is 11.3. The van der Waals surface area contributed by atoms with Crippen LogP contribution in [0.15, 0.2) is 47.4 Å². The summed E-state index contributed by atoms with van der Waals surface area (Å²) in [4.78, 5) is 12.1. The lowest BCUT2D eigenvalue weighted by molar-refractivity contribution is -0.115. The molecule has 0 aromatic heterocycles. The van der Waals surface area contributed by atoms with Gasteiger partial charge in [0.25, 0.3) is 0 Å². The number of hydrogen-bond donors (Lipinski definition) is 2. The molecule has 0 aliphatic carbocycles. The van der Waals surface area contributed by atoms with Gasteiger partial charge in [-0.1, -0.05) is 25.1 Å². The summed E-state index contributed by atoms with van der Waals surface area (Å²) in [6.45, 7) is 5.62. The Labute approximate surface area is 143 Å². The molecule has 128 valence electrons. The molecule has 6 heteroatoms. The second kappa shape index (κ2) is 7.59. The molecule has 0 radical (unpaired) electrons. The number of benzene rings is 2. The lowest BCUT2D eigenvalue weighted by Gasteiger charge is -2.09. The third-order valence-corrected chi connectivity index (χ3v) is 5.27. The van der Waals surface area contributed by atoms with Crippen LogP contribution in [0.4, 0.5) is 5.69 Å². The maximum absolute atomic E-state index is 12.2. The maximum atomic E-state index is 12.2. The maximum Gasteiger partial charge on any atom is 0.241 e. The van der Waals surface area contributed by atoms with Crippen LogP contribution in [-0.4, -0.2) is 20.9 Å². The van der Waals surface area contributed by atoms with Crippen LogP contribution in [-0.2, 0) is 21.2 Å². The van der Waals surface area contributed by atoms with E-state index >= 15 is 0 Å². The third-order valence-electron chi connectivity index (χ3n) is 3.86. The molecule has 0 atom stereocenters. The number of sulfonamides is 1. The van der Waals surface area contributed by atoms with Crippen molar-refractivity contribution in [2.45, 2.75) is 32.1 Å². The van der Waals surface area contributed by atoms with E-state index in [2.05, 4.69) is 10.0 Å². The molecule has 0 unspecified atom stereocenters. The zero-order valence-corrected chi connectivity index (χ0v) is 14.9. The summed E-state index contributed by atoms with van der Waals surface area (Å²) in [6, 6.07) is 12.2. The Morgan fingerprint density at radius 1 is 1.00 bits per heavy atom. The van der Waals surface area contributed by atoms with Crippen molar-refractivity contribution >= 4 is 21.6 Å². The highest BCUT2D eigenvalue weighted by Gasteiger charge is 2.15. The average Bonchev–Trinajstić information content (AvgIpc) is 2.56. The second-order valence-corrected chi connectivity index (χ2v) is 7.44. The molecule has 0 fully saturated rings. The van der Waals surface area contributed by atoms with Gasteiger partial charge in [-0.15, -0.1) is 0 Å². The van der Waals surface area contributed by atoms with Crippen molar-refractivity contribution in [3.05, 3.63) is 59.2 Å². The molecule has 2 aromatic carbocycles. The molecule has 24 heavy (non-hydrogen) atoms. The van der Waals surface area contributed by atoms with Crippen LogP contribution in [0.5, 0.6) is 0 Å². The Morgan fingerprint density at radius 2 is 1.67 bits per heavy atom. The molecule has 1 amide bonds. The number of hydrogen-bond acceptors (Lipinski definition) is 3. The van der Waals surface area contributed by atoms with Gasteiger partial charge in [-0.3, -0.25) is 4.79 Å². The van der Waals surface area contributed by atoms with Gasteiger partial charge >= 0.3 is 0 Å². The molecule has 0 aliphatic heterocycles. The van der Waals surface area contributed by atoms with Crippen molar-refractivity contribution < 1.29 is 13.2 Å². The van der Waals surface area contributed by atoms with Crippen LogP contribution in [0.2, 0.25) is 0 Å². The fourth-order valence-corrected chi connectivity index (χ4v) is 3.15. The first-order valence-corrected chi connectivity index (χ1v) is 9.26. The predicted octanol–water partition coefficient (Wildman–Crippen LogP) is 2.78. The third kappa shape index (κ3) is 4.66. The van der Waals surface area contributed by atoms with Crippen LogP contribution < -0.4 is 10.0 Å². The first kappa shape index (κ1) is 18.2. The molecular weight excluding hydrogens is 324 g/mol. The van der Waals surface area contributed by atoms with Crippen LogP contribution >= 0.6 is 0 Å². The van der Waals surface area contributed by atoms with Gasteiger partial charge < -0.3 is 5.32 Å². The Kier molecular flexibility index (Phi) is 5.75. The van der Waals surface area contributed by atoms with E-state index in [1.165, 1.54) is 0 Å². The van der Waals surface area contributed by atoms with Crippen molar-refractivity contribution in [3.63, 3.8) is 0 Å². The molecular formula is C18H22N2O3S. The smallest absolute Gasteiger partial charge is 0.241 e. The van der Waals surface area contributed by atoms with E-state index in [-0.39, 0.29) is 11.4 Å². The summed E-state index contributed by atoms with van der Waals surface area (Å²) in [5.74, 6) is -0.410. The Hall–Kier alpha value is -2.18. The Morgan fingerprint density at radius 3 is 2.25 bits per heavy atom. The zero-order valence-electron chi connectivity index (χ0n) is 14.1. The largest absolute Gasteiger partial charge is 0.325 e. The van der Waals surface area contributed by atoms with Gasteiger partial charge in [0.05, 0.1) is 11.4 Å². The van der Waals surface area contributed by atoms with E-state index in [9.17, 15) is 13.2 Å². The minimum absolute atomic E-state index is 0.152. The van der Waals surface area contributed by atoms with E-state index in [4.69, 9.17) is 0 Å². The summed E-state index contributed by atoms with van der Waals surface area (Å²) in [6.07, 6.45) is 0.839. The van der Waals surface area contributed by atoms with Crippen LogP contribution in [0.25, 0.3) is 0 Å². The van der Waals surface area contributed by atoms with Crippen molar-refractivity contribution in [1.82, 2.24) is 4.72 Å². The Balaban J connectivity index is 1.97. The second-order valence-electron chi connectivity index (χ2n) is 5.67. The van der Waals surface area contributed by atoms with Gasteiger partial charge in [-0.2, -0.15) is 0 Å². The standard InChI is InChI=1S/C18H22N2O3S/c1-4-15-6-9-17(10-7-15)24(22,23)19-12-18(21)20-16-8-5-13(2)14(3)11-16/h5-11,19H,4,12H2,1-3H3,(H,20,21). The van der Waals surface area contributed by atoms with Crippen LogP contribution in [0.3, 0.4) is 0 Å². The number of carbonyl (C=O) groups is 1. The molecule has 5 nitrogen and oxygen atoms in total. The van der Waals surface area contributed by atoms with Crippen molar-refractivity contribution in [1.29, 1.82) is 0 Å². The van der Waals surface area contributed by atoms with Gasteiger partial charge in [0.2, 0.25) is 15.9 Å². The van der Waals surface area contributed by atoms with E-state index in [1.807, 2.05) is 32.9 Å². The van der Waals surface area contributed by atoms with Gasteiger partial charge in [0.1, 0.15) is 0 Å². The molecule has 0 spiro atoms. The highest BCUT2D eigenvalue weighted by atomic mass is 32.2. The fraction of sp³-hybridized carbons (Fsp3) is 0.278. The number of aryl methyl sites for hydroxylation is 3. The predicted molar refractivity (Wildman–Crippen MR) is 95.6 cm³/mol. The average molecular weight is 346 g/mol. The van der Waals surface area contributed by atoms with Gasteiger partial charge in [0, 0.05) is 5.69 Å². The SMILES string of the molecule is CCc1ccc(S(=O)(=O)NCC(=O)Nc2ccc(C)c(C)c2)cc1. The first-order chi connectivity index (χ1) is 11.3. The minimum atomic E-state index is -3.70. The minimum Gasteiger partial charge on any atom is -0.325 e. The molecule has 2 N–H and O–H groups in total. The summed E-state index contributed by atoms with van der Waals surface area (Å²) >= 11 is 0. The number of carbonyl (C=O) groups excluding carboxylic acids is 1. The monoisotopic (exact) mass is 346 g/mol. The van der Waals surface area contributed by atoms with Crippen molar-refractivity contribution in [2.24, 2.45) is 0 Å². The van der Waals surface area contributed by atoms with Crippen LogP contribution in [0.1, 0.15) is 23.6 Å². The van der Waals surface area contributed by atoms with Gasteiger partial charge in [-0.25, -0.2) is 13.1 Å². The molecule has 0 heterocycles. The van der Waals surface area contributed by atoms with Gasteiger partial charge in [-0.05, 0) is 61.2 Å². The van der Waals surface area contributed by atoms with Crippen molar-refractivity contribution in [3.8, 4) is 0 Å². The molecule has 2 aromatic rings.